The van der Waals surface area contributed by atoms with Crippen LogP contribution < -0.4 is 0 Å². The smallest absolute Gasteiger partial charge is 0.306 e. The van der Waals surface area contributed by atoms with Gasteiger partial charge in [-0.1, -0.05) is 196 Å². The Labute approximate surface area is 388 Å². The number of ether oxygens (including phenoxy) is 3. The molecule has 0 radical (unpaired) electrons. The fourth-order valence-corrected chi connectivity index (χ4v) is 6.99. The molecule has 0 fully saturated rings. The largest absolute Gasteiger partial charge is 0.462 e. The molecule has 0 heterocycles. The van der Waals surface area contributed by atoms with Crippen molar-refractivity contribution in [1.82, 2.24) is 0 Å². The molecule has 6 nitrogen and oxygen atoms in total. The molecule has 360 valence electrons. The summed E-state index contributed by atoms with van der Waals surface area (Å²) in [5.74, 6) is -0.943. The van der Waals surface area contributed by atoms with Crippen LogP contribution in [0.2, 0.25) is 0 Å². The van der Waals surface area contributed by atoms with Crippen LogP contribution in [0, 0.1) is 0 Å². The predicted octanol–water partition coefficient (Wildman–Crippen LogP) is 17.2. The number of carbonyl (C=O) groups is 3. The molecule has 0 spiro atoms. The monoisotopic (exact) mass is 877 g/mol. The second-order valence-electron chi connectivity index (χ2n) is 17.0. The summed E-state index contributed by atoms with van der Waals surface area (Å²) in [6.07, 6.45) is 65.7. The van der Waals surface area contributed by atoms with Gasteiger partial charge in [-0.25, -0.2) is 0 Å². The Morgan fingerprint density at radius 1 is 0.333 bits per heavy atom. The molecule has 1 unspecified atom stereocenters. The van der Waals surface area contributed by atoms with Crippen molar-refractivity contribution in [3.8, 4) is 0 Å². The topological polar surface area (TPSA) is 78.9 Å². The van der Waals surface area contributed by atoms with Gasteiger partial charge in [0.05, 0.1) is 0 Å². The van der Waals surface area contributed by atoms with Crippen LogP contribution in [0.4, 0.5) is 0 Å². The zero-order chi connectivity index (χ0) is 45.8. The predicted molar refractivity (Wildman–Crippen MR) is 270 cm³/mol. The van der Waals surface area contributed by atoms with Gasteiger partial charge in [-0.3, -0.25) is 14.4 Å². The average Bonchev–Trinajstić information content (AvgIpc) is 3.28. The Bertz CT molecular complexity index is 1240. The Hall–Kier alpha value is -3.41. The van der Waals surface area contributed by atoms with Crippen LogP contribution in [0.1, 0.15) is 239 Å². The lowest BCUT2D eigenvalue weighted by Crippen LogP contribution is -2.30. The molecule has 0 rings (SSSR count). The number of carbonyl (C=O) groups excluding carboxylic acids is 3. The van der Waals surface area contributed by atoms with Crippen molar-refractivity contribution >= 4 is 17.9 Å². The molecule has 0 aromatic heterocycles. The molecular weight excluding hydrogens is 781 g/mol. The summed E-state index contributed by atoms with van der Waals surface area (Å²) in [7, 11) is 0. The van der Waals surface area contributed by atoms with E-state index in [0.717, 1.165) is 122 Å². The fraction of sp³-hybridized carbons (Fsp3) is 0.702. The van der Waals surface area contributed by atoms with Crippen molar-refractivity contribution in [1.29, 1.82) is 0 Å². The summed E-state index contributed by atoms with van der Waals surface area (Å²) in [4.78, 5) is 38.0. The normalized spacial score (nSPS) is 12.7. The van der Waals surface area contributed by atoms with Crippen LogP contribution >= 0.6 is 0 Å². The molecule has 0 saturated heterocycles. The molecule has 0 aliphatic carbocycles. The van der Waals surface area contributed by atoms with Gasteiger partial charge in [0.15, 0.2) is 6.10 Å². The van der Waals surface area contributed by atoms with Crippen LogP contribution in [-0.2, 0) is 28.6 Å². The summed E-state index contributed by atoms with van der Waals surface area (Å²) in [6.45, 7) is 6.36. The van der Waals surface area contributed by atoms with E-state index in [2.05, 4.69) is 106 Å². The second kappa shape index (κ2) is 51.2. The molecule has 0 saturated carbocycles. The number of allylic oxidation sites excluding steroid dienone is 14. The summed E-state index contributed by atoms with van der Waals surface area (Å²) < 4.78 is 16.8. The molecule has 0 amide bonds. The quantitative estimate of drug-likeness (QED) is 0.0262. The molecule has 0 aromatic carbocycles. The van der Waals surface area contributed by atoms with E-state index in [1.165, 1.54) is 77.0 Å². The van der Waals surface area contributed by atoms with Gasteiger partial charge in [0.25, 0.3) is 0 Å². The lowest BCUT2D eigenvalue weighted by atomic mass is 10.1. The van der Waals surface area contributed by atoms with Crippen LogP contribution in [0.15, 0.2) is 85.1 Å². The van der Waals surface area contributed by atoms with Gasteiger partial charge in [0.2, 0.25) is 0 Å². The van der Waals surface area contributed by atoms with E-state index in [0.29, 0.717) is 19.3 Å². The standard InChI is InChI=1S/C57H96O6/c1-4-7-10-13-16-19-22-25-27-28-30-32-35-38-41-44-47-50-56(59)62-53-54(52-61-55(58)49-46-43-40-37-34-31-24-21-18-15-12-9-6-3)63-57(60)51-48-45-42-39-36-33-29-26-23-20-17-14-11-8-5-2/h7,9-10,12,16,18-19,21,25-27,29,31,34,54H,4-6,8,11,13-15,17,20,22-24,28,30,32-33,35-53H2,1-3H3/b10-7-,12-9-,19-16-,21-18-,27-25-,29-26-,34-31-. The van der Waals surface area contributed by atoms with E-state index >= 15 is 0 Å². The summed E-state index contributed by atoms with van der Waals surface area (Å²) in [5.41, 5.74) is 0. The number of esters is 3. The Morgan fingerprint density at radius 2 is 0.619 bits per heavy atom. The first-order chi connectivity index (χ1) is 31.0. The van der Waals surface area contributed by atoms with Gasteiger partial charge < -0.3 is 14.2 Å². The molecule has 0 bridgehead atoms. The highest BCUT2D eigenvalue weighted by Crippen LogP contribution is 2.14. The molecule has 63 heavy (non-hydrogen) atoms. The molecule has 6 heteroatoms. The van der Waals surface area contributed by atoms with E-state index < -0.39 is 6.10 Å². The SMILES string of the molecule is CC/C=C\C/C=C\C/C=C\CCCCCCCCCC(=O)OCC(COC(=O)CCCCC/C=C\C/C=C\C/C=C\CC)OC(=O)CCCCCCC/C=C\CCCCCCCC. The minimum atomic E-state index is -0.797. The van der Waals surface area contributed by atoms with E-state index in [9.17, 15) is 14.4 Å². The van der Waals surface area contributed by atoms with E-state index in [4.69, 9.17) is 14.2 Å². The first-order valence-electron chi connectivity index (χ1n) is 26.1. The van der Waals surface area contributed by atoms with Crippen molar-refractivity contribution in [3.63, 3.8) is 0 Å². The lowest BCUT2D eigenvalue weighted by molar-refractivity contribution is -0.167. The van der Waals surface area contributed by atoms with Crippen LogP contribution in [0.3, 0.4) is 0 Å². The van der Waals surface area contributed by atoms with Crippen molar-refractivity contribution < 1.29 is 28.6 Å². The number of hydrogen-bond donors (Lipinski definition) is 0. The maximum Gasteiger partial charge on any atom is 0.306 e. The highest BCUT2D eigenvalue weighted by molar-refractivity contribution is 5.71. The van der Waals surface area contributed by atoms with Gasteiger partial charge in [-0.05, 0) is 109 Å². The lowest BCUT2D eigenvalue weighted by Gasteiger charge is -2.18. The number of unbranched alkanes of at least 4 members (excludes halogenated alkanes) is 21. The zero-order valence-electron chi connectivity index (χ0n) is 41.1. The molecule has 0 N–H and O–H groups in total. The van der Waals surface area contributed by atoms with Crippen molar-refractivity contribution in [2.75, 3.05) is 13.2 Å². The molecule has 0 aliphatic rings. The maximum atomic E-state index is 12.8. The Kier molecular flexibility index (Phi) is 48.5. The second-order valence-corrected chi connectivity index (χ2v) is 17.0. The maximum absolute atomic E-state index is 12.8. The third kappa shape index (κ3) is 49.5. The van der Waals surface area contributed by atoms with Crippen molar-refractivity contribution in [2.24, 2.45) is 0 Å². The van der Waals surface area contributed by atoms with Gasteiger partial charge in [-0.15, -0.1) is 0 Å². The molecule has 0 aliphatic heterocycles. The highest BCUT2D eigenvalue weighted by atomic mass is 16.6. The molecule has 0 aromatic rings. The van der Waals surface area contributed by atoms with Crippen LogP contribution in [0.5, 0.6) is 0 Å². The Balaban J connectivity index is 4.44. The molecular formula is C57H96O6. The van der Waals surface area contributed by atoms with E-state index in [-0.39, 0.29) is 31.1 Å². The number of hydrogen-bond acceptors (Lipinski definition) is 6. The first kappa shape index (κ1) is 59.6. The van der Waals surface area contributed by atoms with Gasteiger partial charge in [-0.2, -0.15) is 0 Å². The minimum absolute atomic E-state index is 0.0950. The minimum Gasteiger partial charge on any atom is -0.462 e. The van der Waals surface area contributed by atoms with Crippen molar-refractivity contribution in [2.45, 2.75) is 245 Å². The highest BCUT2D eigenvalue weighted by Gasteiger charge is 2.19. The summed E-state index contributed by atoms with van der Waals surface area (Å²) in [6, 6.07) is 0. The third-order valence-electron chi connectivity index (χ3n) is 10.9. The number of rotatable bonds is 46. The van der Waals surface area contributed by atoms with E-state index in [1.54, 1.807) is 0 Å². The third-order valence-corrected chi connectivity index (χ3v) is 10.9. The molecule has 1 atom stereocenters. The summed E-state index contributed by atoms with van der Waals surface area (Å²) >= 11 is 0. The van der Waals surface area contributed by atoms with Crippen molar-refractivity contribution in [3.05, 3.63) is 85.1 Å². The van der Waals surface area contributed by atoms with Gasteiger partial charge in [0, 0.05) is 19.3 Å². The van der Waals surface area contributed by atoms with Gasteiger partial charge in [0.1, 0.15) is 13.2 Å². The summed E-state index contributed by atoms with van der Waals surface area (Å²) in [5, 5.41) is 0. The average molecular weight is 877 g/mol. The van der Waals surface area contributed by atoms with Crippen LogP contribution in [-0.4, -0.2) is 37.2 Å². The fourth-order valence-electron chi connectivity index (χ4n) is 6.99. The zero-order valence-corrected chi connectivity index (χ0v) is 41.1. The first-order valence-corrected chi connectivity index (χ1v) is 26.1. The van der Waals surface area contributed by atoms with Gasteiger partial charge >= 0.3 is 17.9 Å². The Morgan fingerprint density at radius 3 is 1.00 bits per heavy atom. The van der Waals surface area contributed by atoms with Crippen LogP contribution in [0.25, 0.3) is 0 Å². The van der Waals surface area contributed by atoms with E-state index in [1.807, 2.05) is 0 Å².